The summed E-state index contributed by atoms with van der Waals surface area (Å²) in [5.74, 6) is -0.348. The Labute approximate surface area is 231 Å². The molecule has 4 heterocycles. The molecule has 1 saturated carbocycles. The molecule has 1 amide bonds. The van der Waals surface area contributed by atoms with Gasteiger partial charge in [0.15, 0.2) is 17.5 Å². The Bertz CT molecular complexity index is 1600. The van der Waals surface area contributed by atoms with Crippen LogP contribution in [0, 0.1) is 25.1 Å². The first-order valence-corrected chi connectivity index (χ1v) is 13.4. The van der Waals surface area contributed by atoms with Gasteiger partial charge in [0.05, 0.1) is 25.5 Å². The molecule has 11 heteroatoms. The fourth-order valence-electron chi connectivity index (χ4n) is 5.75. The molecule has 10 nitrogen and oxygen atoms in total. The van der Waals surface area contributed by atoms with Crippen LogP contribution in [-0.4, -0.2) is 61.1 Å². The molecule has 1 saturated heterocycles. The van der Waals surface area contributed by atoms with Crippen LogP contribution in [0.15, 0.2) is 42.6 Å². The van der Waals surface area contributed by atoms with Gasteiger partial charge in [-0.25, -0.2) is 23.8 Å². The quantitative estimate of drug-likeness (QED) is 0.390. The van der Waals surface area contributed by atoms with E-state index in [2.05, 4.69) is 26.3 Å². The predicted octanol–water partition coefficient (Wildman–Crippen LogP) is 4.52. The normalized spacial score (nSPS) is 17.7. The van der Waals surface area contributed by atoms with Crippen LogP contribution in [0.2, 0.25) is 0 Å². The minimum absolute atomic E-state index is 0.00408. The molecule has 6 rings (SSSR count). The van der Waals surface area contributed by atoms with E-state index >= 15 is 4.39 Å². The second kappa shape index (κ2) is 9.96. The number of methoxy groups -OCH3 is 1. The molecule has 206 valence electrons. The first kappa shape index (κ1) is 25.8. The average molecular weight is 543 g/mol. The van der Waals surface area contributed by atoms with E-state index < -0.39 is 5.82 Å². The lowest BCUT2D eigenvalue weighted by atomic mass is 9.80. The van der Waals surface area contributed by atoms with Crippen LogP contribution in [0.25, 0.3) is 22.8 Å². The number of pyridine rings is 1. The molecule has 1 unspecified atom stereocenters. The van der Waals surface area contributed by atoms with Crippen LogP contribution in [-0.2, 0) is 11.3 Å². The van der Waals surface area contributed by atoms with Gasteiger partial charge in [0.2, 0.25) is 0 Å². The third-order valence-electron chi connectivity index (χ3n) is 8.27. The number of aryl methyl sites for hydroxylation is 1. The van der Waals surface area contributed by atoms with Crippen molar-refractivity contribution in [2.45, 2.75) is 45.6 Å². The maximum atomic E-state index is 15.1. The van der Waals surface area contributed by atoms with Gasteiger partial charge >= 0.3 is 6.09 Å². The van der Waals surface area contributed by atoms with Crippen molar-refractivity contribution in [3.05, 3.63) is 70.9 Å². The maximum absolute atomic E-state index is 15.1. The molecule has 4 aromatic rings. The predicted molar refractivity (Wildman–Crippen MR) is 147 cm³/mol. The first-order chi connectivity index (χ1) is 19.3. The molecule has 2 N–H and O–H groups in total. The second-order valence-electron chi connectivity index (χ2n) is 10.8. The van der Waals surface area contributed by atoms with Crippen LogP contribution < -0.4 is 5.73 Å². The van der Waals surface area contributed by atoms with Crippen molar-refractivity contribution in [1.82, 2.24) is 34.8 Å². The number of nitrogens with zero attached hydrogens (tertiary/aromatic N) is 7. The maximum Gasteiger partial charge on any atom is 0.409 e. The summed E-state index contributed by atoms with van der Waals surface area (Å²) in [6.07, 6.45) is 4.36. The number of anilines is 1. The number of carbonyl (C=O) groups is 1. The number of nitrogen functional groups attached to an aromatic ring is 1. The van der Waals surface area contributed by atoms with Gasteiger partial charge in [-0.2, -0.15) is 0 Å². The number of aromatic nitrogens is 6. The highest BCUT2D eigenvalue weighted by Gasteiger charge is 2.54. The Balaban J connectivity index is 1.24. The van der Waals surface area contributed by atoms with Crippen molar-refractivity contribution in [2.75, 3.05) is 25.9 Å². The van der Waals surface area contributed by atoms with Gasteiger partial charge in [-0.1, -0.05) is 29.5 Å². The number of ether oxygens (including phenoxy) is 1. The highest BCUT2D eigenvalue weighted by Crippen LogP contribution is 2.59. The minimum atomic E-state index is -0.728. The van der Waals surface area contributed by atoms with Gasteiger partial charge in [-0.05, 0) is 61.8 Å². The number of hydrogen-bond acceptors (Lipinski definition) is 8. The SMILES string of the molecule is COC(=O)N1CCC(c2cccc(Cn3cc(-c4nc(-c5cccc(C)c5C)nc(N)c4F)nn3)n2)C2(CC2)C1. The van der Waals surface area contributed by atoms with E-state index in [1.165, 1.54) is 7.11 Å². The molecule has 40 heavy (non-hydrogen) atoms. The Hall–Kier alpha value is -4.41. The molecular formula is C29H31FN8O2. The standard InChI is InChI=1S/C29H31FN8O2/c1-17-6-4-8-20(18(17)2)27-33-25(24(30)26(31)34-27)23-15-38(36-35-23)14-19-7-5-9-22(32-19)21-10-13-37(28(39)40-3)16-29(21)11-12-29/h4-9,15,21H,10-14,16H2,1-3H3,(H2,31,33,34). The minimum Gasteiger partial charge on any atom is -0.453 e. The number of halogens is 1. The summed E-state index contributed by atoms with van der Waals surface area (Å²) in [6, 6.07) is 11.8. The largest absolute Gasteiger partial charge is 0.453 e. The van der Waals surface area contributed by atoms with Crippen LogP contribution in [0.5, 0.6) is 0 Å². The molecule has 1 aliphatic carbocycles. The first-order valence-electron chi connectivity index (χ1n) is 13.4. The van der Waals surface area contributed by atoms with Gasteiger partial charge in [0.1, 0.15) is 11.4 Å². The molecule has 1 aromatic carbocycles. The Morgan fingerprint density at radius 2 is 1.95 bits per heavy atom. The average Bonchev–Trinajstić information content (AvgIpc) is 3.56. The number of nitrogens with two attached hydrogens (primary N) is 1. The molecule has 0 bridgehead atoms. The van der Waals surface area contributed by atoms with Crippen molar-refractivity contribution in [3.63, 3.8) is 0 Å². The summed E-state index contributed by atoms with van der Waals surface area (Å²) in [7, 11) is 1.42. The number of benzene rings is 1. The Morgan fingerprint density at radius 3 is 2.73 bits per heavy atom. The van der Waals surface area contributed by atoms with E-state index in [0.29, 0.717) is 25.5 Å². The number of amides is 1. The summed E-state index contributed by atoms with van der Waals surface area (Å²) in [5.41, 5.74) is 11.0. The highest BCUT2D eigenvalue weighted by atomic mass is 19.1. The smallest absolute Gasteiger partial charge is 0.409 e. The van der Waals surface area contributed by atoms with Gasteiger partial charge in [0, 0.05) is 30.3 Å². The van der Waals surface area contributed by atoms with E-state index in [-0.39, 0.29) is 34.6 Å². The molecule has 3 aromatic heterocycles. The van der Waals surface area contributed by atoms with E-state index in [1.54, 1.807) is 15.8 Å². The monoisotopic (exact) mass is 542 g/mol. The number of piperidine rings is 1. The molecule has 2 aliphatic rings. The zero-order valence-corrected chi connectivity index (χ0v) is 22.8. The topological polar surface area (TPSA) is 125 Å². The lowest BCUT2D eigenvalue weighted by Crippen LogP contribution is -2.44. The fourth-order valence-corrected chi connectivity index (χ4v) is 5.75. The number of rotatable bonds is 5. The lowest BCUT2D eigenvalue weighted by molar-refractivity contribution is 0.0891. The summed E-state index contributed by atoms with van der Waals surface area (Å²) >= 11 is 0. The molecule has 2 fully saturated rings. The molecule has 1 spiro atoms. The van der Waals surface area contributed by atoms with Crippen LogP contribution >= 0.6 is 0 Å². The highest BCUT2D eigenvalue weighted by molar-refractivity contribution is 5.68. The number of likely N-dealkylation sites (tertiary alicyclic amines) is 1. The number of hydrogen-bond donors (Lipinski definition) is 1. The van der Waals surface area contributed by atoms with Crippen LogP contribution in [0.1, 0.15) is 47.7 Å². The van der Waals surface area contributed by atoms with Gasteiger partial charge in [-0.15, -0.1) is 5.10 Å². The Morgan fingerprint density at radius 1 is 1.15 bits per heavy atom. The van der Waals surface area contributed by atoms with E-state index in [0.717, 1.165) is 47.3 Å². The van der Waals surface area contributed by atoms with Gasteiger partial charge < -0.3 is 15.4 Å². The zero-order chi connectivity index (χ0) is 28.0. The Kier molecular flexibility index (Phi) is 6.44. The number of carbonyl (C=O) groups excluding carboxylic acids is 1. The summed E-state index contributed by atoms with van der Waals surface area (Å²) in [5, 5.41) is 8.40. The second-order valence-corrected chi connectivity index (χ2v) is 10.8. The molecular weight excluding hydrogens is 511 g/mol. The summed E-state index contributed by atoms with van der Waals surface area (Å²) in [4.78, 5) is 27.5. The van der Waals surface area contributed by atoms with Crippen molar-refractivity contribution in [1.29, 1.82) is 0 Å². The van der Waals surface area contributed by atoms with Crippen molar-refractivity contribution in [3.8, 4) is 22.8 Å². The zero-order valence-electron chi connectivity index (χ0n) is 22.8. The summed E-state index contributed by atoms with van der Waals surface area (Å²) < 4.78 is 21.6. The van der Waals surface area contributed by atoms with Crippen LogP contribution in [0.4, 0.5) is 15.0 Å². The third-order valence-corrected chi connectivity index (χ3v) is 8.27. The summed E-state index contributed by atoms with van der Waals surface area (Å²) in [6.45, 7) is 5.67. The molecule has 1 atom stereocenters. The third kappa shape index (κ3) is 4.65. The van der Waals surface area contributed by atoms with Crippen molar-refractivity contribution >= 4 is 11.9 Å². The van der Waals surface area contributed by atoms with Crippen molar-refractivity contribution in [2.24, 2.45) is 5.41 Å². The van der Waals surface area contributed by atoms with Crippen LogP contribution in [0.3, 0.4) is 0 Å². The molecule has 0 radical (unpaired) electrons. The lowest BCUT2D eigenvalue weighted by Gasteiger charge is -2.38. The van der Waals surface area contributed by atoms with E-state index in [1.807, 2.05) is 44.2 Å². The van der Waals surface area contributed by atoms with E-state index in [4.69, 9.17) is 15.5 Å². The van der Waals surface area contributed by atoms with Gasteiger partial charge in [-0.3, -0.25) is 4.98 Å². The molecule has 1 aliphatic heterocycles. The van der Waals surface area contributed by atoms with E-state index in [9.17, 15) is 4.79 Å². The fraction of sp³-hybridized carbons (Fsp3) is 0.379. The van der Waals surface area contributed by atoms with Crippen molar-refractivity contribution < 1.29 is 13.9 Å². The van der Waals surface area contributed by atoms with Gasteiger partial charge in [0.25, 0.3) is 0 Å².